The van der Waals surface area contributed by atoms with Gasteiger partial charge in [-0.15, -0.1) is 5.10 Å². The lowest BCUT2D eigenvalue weighted by Gasteiger charge is -2.07. The molecule has 0 aliphatic carbocycles. The van der Waals surface area contributed by atoms with Crippen molar-refractivity contribution in [2.24, 2.45) is 12.8 Å². The highest BCUT2D eigenvalue weighted by Gasteiger charge is 2.19. The molecule has 0 bridgehead atoms. The van der Waals surface area contributed by atoms with Crippen molar-refractivity contribution in [2.75, 3.05) is 11.9 Å². The Labute approximate surface area is 111 Å². The number of nitrogens with two attached hydrogens (primary N) is 1. The van der Waals surface area contributed by atoms with Gasteiger partial charge in [-0.1, -0.05) is 30.3 Å². The fraction of sp³-hybridized carbons (Fsp3) is 0.231. The Bertz CT molecular complexity index is 578. The molecule has 0 atom stereocenters. The van der Waals surface area contributed by atoms with E-state index in [0.29, 0.717) is 18.3 Å². The number of aromatic nitrogens is 2. The summed E-state index contributed by atoms with van der Waals surface area (Å²) in [6.07, 6.45) is 0. The first kappa shape index (κ1) is 12.9. The molecule has 0 unspecified atom stereocenters. The highest BCUT2D eigenvalue weighted by molar-refractivity contribution is 5.93. The first-order valence-corrected chi connectivity index (χ1v) is 5.95. The van der Waals surface area contributed by atoms with Crippen LogP contribution in [0.4, 0.5) is 10.6 Å². The van der Waals surface area contributed by atoms with Gasteiger partial charge < -0.3 is 10.5 Å². The monoisotopic (exact) mass is 260 g/mol. The lowest BCUT2D eigenvalue weighted by atomic mass is 10.1. The molecule has 0 spiro atoms. The summed E-state index contributed by atoms with van der Waals surface area (Å²) < 4.78 is 7.05. The number of benzene rings is 1. The predicted molar refractivity (Wildman–Crippen MR) is 73.0 cm³/mol. The number of rotatable bonds is 4. The molecular formula is C13H16N4O2. The van der Waals surface area contributed by atoms with Gasteiger partial charge in [-0.3, -0.25) is 5.32 Å². The molecule has 2 aromatic rings. The molecule has 0 aliphatic heterocycles. The second-order valence-electron chi connectivity index (χ2n) is 3.94. The van der Waals surface area contributed by atoms with Crippen molar-refractivity contribution in [3.05, 3.63) is 30.3 Å². The van der Waals surface area contributed by atoms with Crippen LogP contribution in [0.5, 0.6) is 5.88 Å². The summed E-state index contributed by atoms with van der Waals surface area (Å²) in [5.41, 5.74) is 6.82. The zero-order valence-corrected chi connectivity index (χ0v) is 10.9. The number of amides is 2. The van der Waals surface area contributed by atoms with Crippen LogP contribution in [0.15, 0.2) is 30.3 Å². The van der Waals surface area contributed by atoms with Crippen LogP contribution in [0.25, 0.3) is 11.1 Å². The van der Waals surface area contributed by atoms with Crippen molar-refractivity contribution < 1.29 is 9.53 Å². The van der Waals surface area contributed by atoms with E-state index in [1.54, 1.807) is 7.05 Å². The van der Waals surface area contributed by atoms with E-state index in [4.69, 9.17) is 10.5 Å². The molecule has 3 N–H and O–H groups in total. The summed E-state index contributed by atoms with van der Waals surface area (Å²) in [6, 6.07) is 8.94. The lowest BCUT2D eigenvalue weighted by molar-refractivity contribution is 0.259. The molecule has 0 saturated heterocycles. The minimum absolute atomic E-state index is 0.472. The average molecular weight is 260 g/mol. The van der Waals surface area contributed by atoms with Crippen molar-refractivity contribution in [1.82, 2.24) is 9.78 Å². The molecular weight excluding hydrogens is 244 g/mol. The first-order valence-electron chi connectivity index (χ1n) is 5.95. The number of hydrogen-bond donors (Lipinski definition) is 2. The maximum Gasteiger partial charge on any atom is 0.317 e. The van der Waals surface area contributed by atoms with Crippen LogP contribution in [0.3, 0.4) is 0 Å². The lowest BCUT2D eigenvalue weighted by Crippen LogP contribution is -2.21. The molecule has 0 aliphatic rings. The first-order chi connectivity index (χ1) is 9.13. The third-order valence-electron chi connectivity index (χ3n) is 2.60. The highest BCUT2D eigenvalue weighted by atomic mass is 16.5. The van der Waals surface area contributed by atoms with E-state index in [-0.39, 0.29) is 0 Å². The molecule has 6 heteroatoms. The van der Waals surface area contributed by atoms with Crippen LogP contribution >= 0.6 is 0 Å². The Hall–Kier alpha value is -2.50. The van der Waals surface area contributed by atoms with E-state index in [2.05, 4.69) is 10.4 Å². The van der Waals surface area contributed by atoms with Gasteiger partial charge in [-0.05, 0) is 12.5 Å². The minimum atomic E-state index is -0.636. The number of primary amides is 1. The normalized spacial score (nSPS) is 10.2. The summed E-state index contributed by atoms with van der Waals surface area (Å²) >= 11 is 0. The third-order valence-corrected chi connectivity index (χ3v) is 2.60. The largest absolute Gasteiger partial charge is 0.476 e. The smallest absolute Gasteiger partial charge is 0.317 e. The van der Waals surface area contributed by atoms with E-state index in [9.17, 15) is 4.79 Å². The molecule has 100 valence electrons. The van der Waals surface area contributed by atoms with E-state index in [0.717, 1.165) is 11.1 Å². The average Bonchev–Trinajstić information content (AvgIpc) is 2.67. The third kappa shape index (κ3) is 2.67. The van der Waals surface area contributed by atoms with Crippen molar-refractivity contribution in [2.45, 2.75) is 6.92 Å². The van der Waals surface area contributed by atoms with Crippen LogP contribution in [0, 0.1) is 0 Å². The summed E-state index contributed by atoms with van der Waals surface area (Å²) in [5.74, 6) is 0.988. The molecule has 1 heterocycles. The fourth-order valence-corrected chi connectivity index (χ4v) is 1.86. The van der Waals surface area contributed by atoms with Crippen molar-refractivity contribution in [3.8, 4) is 17.0 Å². The number of carbonyl (C=O) groups is 1. The standard InChI is InChI=1S/C13H16N4O2/c1-3-19-12-10(9-7-5-4-6-8-9)11(15-13(14)18)17(2)16-12/h4-8H,3H2,1-2H3,(H3,14,15,18). The molecule has 0 saturated carbocycles. The molecule has 0 fully saturated rings. The van der Waals surface area contributed by atoms with Gasteiger partial charge in [-0.2, -0.15) is 0 Å². The van der Waals surface area contributed by atoms with Gasteiger partial charge in [0.1, 0.15) is 5.82 Å². The van der Waals surface area contributed by atoms with Crippen LogP contribution in [0.1, 0.15) is 6.92 Å². The van der Waals surface area contributed by atoms with Gasteiger partial charge in [-0.25, -0.2) is 9.48 Å². The summed E-state index contributed by atoms with van der Waals surface area (Å²) in [7, 11) is 1.72. The van der Waals surface area contributed by atoms with E-state index in [1.807, 2.05) is 37.3 Å². The molecule has 19 heavy (non-hydrogen) atoms. The quantitative estimate of drug-likeness (QED) is 0.881. The molecule has 2 amide bonds. The number of hydrogen-bond acceptors (Lipinski definition) is 3. The number of urea groups is 1. The van der Waals surface area contributed by atoms with Crippen LogP contribution in [0.2, 0.25) is 0 Å². The van der Waals surface area contributed by atoms with Crippen LogP contribution in [-0.2, 0) is 7.05 Å². The minimum Gasteiger partial charge on any atom is -0.476 e. The zero-order chi connectivity index (χ0) is 13.8. The summed E-state index contributed by atoms with van der Waals surface area (Å²) in [5, 5.41) is 6.83. The second kappa shape index (κ2) is 5.43. The Morgan fingerprint density at radius 2 is 2.11 bits per heavy atom. The van der Waals surface area contributed by atoms with E-state index in [1.165, 1.54) is 4.68 Å². The number of nitrogens with zero attached hydrogens (tertiary/aromatic N) is 2. The van der Waals surface area contributed by atoms with Crippen LogP contribution in [-0.4, -0.2) is 22.4 Å². The number of ether oxygens (including phenoxy) is 1. The van der Waals surface area contributed by atoms with E-state index < -0.39 is 6.03 Å². The molecule has 2 rings (SSSR count). The SMILES string of the molecule is CCOc1nn(C)c(NC(N)=O)c1-c1ccccc1. The molecule has 6 nitrogen and oxygen atoms in total. The van der Waals surface area contributed by atoms with Gasteiger partial charge in [0.05, 0.1) is 12.2 Å². The van der Waals surface area contributed by atoms with Gasteiger partial charge >= 0.3 is 6.03 Å². The number of nitrogens with one attached hydrogen (secondary N) is 1. The summed E-state index contributed by atoms with van der Waals surface area (Å²) in [4.78, 5) is 11.1. The van der Waals surface area contributed by atoms with Crippen molar-refractivity contribution in [1.29, 1.82) is 0 Å². The van der Waals surface area contributed by atoms with Crippen molar-refractivity contribution in [3.63, 3.8) is 0 Å². The topological polar surface area (TPSA) is 82.2 Å². The van der Waals surface area contributed by atoms with Gasteiger partial charge in [0.15, 0.2) is 0 Å². The van der Waals surface area contributed by atoms with Crippen LogP contribution < -0.4 is 15.8 Å². The predicted octanol–water partition coefficient (Wildman–Crippen LogP) is 1.98. The zero-order valence-electron chi connectivity index (χ0n) is 10.9. The molecule has 1 aromatic carbocycles. The Morgan fingerprint density at radius 3 is 2.68 bits per heavy atom. The Balaban J connectivity index is 2.56. The summed E-state index contributed by atoms with van der Waals surface area (Å²) in [6.45, 7) is 2.37. The van der Waals surface area contributed by atoms with Gasteiger partial charge in [0.2, 0.25) is 5.88 Å². The van der Waals surface area contributed by atoms with E-state index >= 15 is 0 Å². The van der Waals surface area contributed by atoms with Crippen molar-refractivity contribution >= 4 is 11.8 Å². The Kier molecular flexibility index (Phi) is 3.70. The second-order valence-corrected chi connectivity index (χ2v) is 3.94. The molecule has 1 aromatic heterocycles. The Morgan fingerprint density at radius 1 is 1.42 bits per heavy atom. The maximum absolute atomic E-state index is 11.1. The number of carbonyl (C=O) groups excluding carboxylic acids is 1. The van der Waals surface area contributed by atoms with Gasteiger partial charge in [0.25, 0.3) is 0 Å². The number of anilines is 1. The van der Waals surface area contributed by atoms with Gasteiger partial charge in [0, 0.05) is 7.05 Å². The maximum atomic E-state index is 11.1. The highest BCUT2D eigenvalue weighted by Crippen LogP contribution is 2.36. The fourth-order valence-electron chi connectivity index (χ4n) is 1.86. The number of aryl methyl sites for hydroxylation is 1. The molecule has 0 radical (unpaired) electrons.